The van der Waals surface area contributed by atoms with E-state index in [1.807, 2.05) is 72.2 Å². The molecule has 0 aliphatic carbocycles. The number of Topliss-reactive ketones (excluding diaryl/α,β-unsaturated/α-hetero) is 1. The maximum Gasteiger partial charge on any atom is 0.251 e. The molecule has 0 atom stereocenters. The fourth-order valence-electron chi connectivity index (χ4n) is 3.22. The van der Waals surface area contributed by atoms with Gasteiger partial charge in [-0.25, -0.2) is 0 Å². The second-order valence-electron chi connectivity index (χ2n) is 7.20. The van der Waals surface area contributed by atoms with Crippen LogP contribution in [-0.4, -0.2) is 32.2 Å². The van der Waals surface area contributed by atoms with Gasteiger partial charge in [0, 0.05) is 16.8 Å². The molecule has 32 heavy (non-hydrogen) atoms. The number of aryl methyl sites for hydroxylation is 1. The van der Waals surface area contributed by atoms with E-state index >= 15 is 0 Å². The molecule has 0 aliphatic rings. The van der Waals surface area contributed by atoms with Crippen molar-refractivity contribution in [1.29, 1.82) is 0 Å². The van der Waals surface area contributed by atoms with Crippen molar-refractivity contribution in [2.45, 2.75) is 18.6 Å². The van der Waals surface area contributed by atoms with Crippen molar-refractivity contribution in [3.63, 3.8) is 0 Å². The molecule has 6 nitrogen and oxygen atoms in total. The van der Waals surface area contributed by atoms with E-state index in [0.29, 0.717) is 22.1 Å². The number of carbonyl (C=O) groups is 2. The smallest absolute Gasteiger partial charge is 0.251 e. The summed E-state index contributed by atoms with van der Waals surface area (Å²) in [4.78, 5) is 25.0. The Balaban J connectivity index is 1.56. The van der Waals surface area contributed by atoms with Crippen LogP contribution in [0.4, 0.5) is 0 Å². The first-order valence-corrected chi connectivity index (χ1v) is 11.2. The lowest BCUT2D eigenvalue weighted by molar-refractivity contribution is 0.0948. The van der Waals surface area contributed by atoms with Crippen LogP contribution in [0, 0.1) is 6.92 Å². The zero-order valence-electron chi connectivity index (χ0n) is 17.6. The molecule has 160 valence electrons. The number of thioether (sulfide) groups is 1. The summed E-state index contributed by atoms with van der Waals surface area (Å²) in [5, 5.41) is 12.1. The fourth-order valence-corrected chi connectivity index (χ4v) is 4.09. The van der Waals surface area contributed by atoms with Crippen LogP contribution < -0.4 is 5.32 Å². The molecule has 0 bridgehead atoms. The Morgan fingerprint density at radius 3 is 2.25 bits per heavy atom. The number of nitrogens with zero attached hydrogens (tertiary/aromatic N) is 3. The van der Waals surface area contributed by atoms with Gasteiger partial charge in [0.05, 0.1) is 12.3 Å². The van der Waals surface area contributed by atoms with Gasteiger partial charge in [-0.2, -0.15) is 0 Å². The third kappa shape index (κ3) is 5.12. The van der Waals surface area contributed by atoms with E-state index < -0.39 is 0 Å². The van der Waals surface area contributed by atoms with E-state index in [1.54, 1.807) is 24.3 Å². The highest BCUT2D eigenvalue weighted by molar-refractivity contribution is 7.99. The molecule has 0 radical (unpaired) electrons. The van der Waals surface area contributed by atoms with Crippen molar-refractivity contribution in [3.8, 4) is 5.69 Å². The van der Waals surface area contributed by atoms with Gasteiger partial charge in [-0.15, -0.1) is 10.2 Å². The molecule has 4 rings (SSSR count). The topological polar surface area (TPSA) is 76.9 Å². The third-order valence-corrected chi connectivity index (χ3v) is 5.76. The van der Waals surface area contributed by atoms with Crippen molar-refractivity contribution in [2.75, 3.05) is 5.75 Å². The molecule has 1 amide bonds. The van der Waals surface area contributed by atoms with Gasteiger partial charge in [-0.05, 0) is 36.8 Å². The third-order valence-electron chi connectivity index (χ3n) is 4.83. The van der Waals surface area contributed by atoms with E-state index in [4.69, 9.17) is 0 Å². The largest absolute Gasteiger partial charge is 0.345 e. The number of carbonyl (C=O) groups excluding carboxylic acids is 2. The van der Waals surface area contributed by atoms with Gasteiger partial charge in [0.25, 0.3) is 5.91 Å². The van der Waals surface area contributed by atoms with E-state index in [1.165, 1.54) is 11.8 Å². The summed E-state index contributed by atoms with van der Waals surface area (Å²) in [5.74, 6) is 0.672. The highest BCUT2D eigenvalue weighted by Gasteiger charge is 2.17. The van der Waals surface area contributed by atoms with Gasteiger partial charge in [-0.1, -0.05) is 72.4 Å². The zero-order valence-corrected chi connectivity index (χ0v) is 18.4. The van der Waals surface area contributed by atoms with Gasteiger partial charge in [0.1, 0.15) is 0 Å². The minimum atomic E-state index is -0.183. The summed E-state index contributed by atoms with van der Waals surface area (Å²) in [6.07, 6.45) is 0. The van der Waals surface area contributed by atoms with Crippen LogP contribution in [0.3, 0.4) is 0 Å². The molecule has 1 N–H and O–H groups in total. The lowest BCUT2D eigenvalue weighted by atomic mass is 10.2. The molecular weight excluding hydrogens is 420 g/mol. The summed E-state index contributed by atoms with van der Waals surface area (Å²) < 4.78 is 1.89. The first-order valence-electron chi connectivity index (χ1n) is 10.2. The number of hydrogen-bond acceptors (Lipinski definition) is 5. The summed E-state index contributed by atoms with van der Waals surface area (Å²) in [6, 6.07) is 26.2. The standard InChI is InChI=1S/C25H22N4O2S/c1-18-9-8-14-21(15-18)29-23(16-26-24(31)20-12-6-3-7-13-20)27-28-25(29)32-17-22(30)19-10-4-2-5-11-19/h2-15H,16-17H2,1H3,(H,26,31). The average molecular weight is 443 g/mol. The van der Waals surface area contributed by atoms with E-state index in [-0.39, 0.29) is 24.0 Å². The van der Waals surface area contributed by atoms with Crippen LogP contribution in [0.25, 0.3) is 5.69 Å². The van der Waals surface area contributed by atoms with Crippen molar-refractivity contribution >= 4 is 23.5 Å². The molecule has 0 unspecified atom stereocenters. The lowest BCUT2D eigenvalue weighted by Gasteiger charge is -2.11. The number of amides is 1. The molecule has 1 heterocycles. The average Bonchev–Trinajstić information content (AvgIpc) is 3.25. The molecule has 1 aromatic heterocycles. The maximum atomic E-state index is 12.6. The summed E-state index contributed by atoms with van der Waals surface area (Å²) >= 11 is 1.33. The number of nitrogens with one attached hydrogen (secondary N) is 1. The van der Waals surface area contributed by atoms with E-state index in [2.05, 4.69) is 15.5 Å². The summed E-state index contributed by atoms with van der Waals surface area (Å²) in [5.41, 5.74) is 3.22. The number of ketones is 1. The minimum absolute atomic E-state index is 0.0216. The first kappa shape index (κ1) is 21.5. The van der Waals surface area contributed by atoms with Crippen molar-refractivity contribution in [3.05, 3.63) is 107 Å². The lowest BCUT2D eigenvalue weighted by Crippen LogP contribution is -2.24. The van der Waals surface area contributed by atoms with E-state index in [0.717, 1.165) is 11.3 Å². The monoisotopic (exact) mass is 442 g/mol. The Labute approximate surface area is 190 Å². The predicted molar refractivity (Wildman–Crippen MR) is 125 cm³/mol. The summed E-state index contributed by atoms with van der Waals surface area (Å²) in [7, 11) is 0. The SMILES string of the molecule is Cc1cccc(-n2c(CNC(=O)c3ccccc3)nnc2SCC(=O)c2ccccc2)c1. The van der Waals surface area contributed by atoms with Gasteiger partial charge in [0.15, 0.2) is 16.8 Å². The van der Waals surface area contributed by atoms with Crippen molar-refractivity contribution in [2.24, 2.45) is 0 Å². The molecule has 4 aromatic rings. The van der Waals surface area contributed by atoms with Crippen LogP contribution in [0.15, 0.2) is 90.1 Å². The molecule has 0 spiro atoms. The Morgan fingerprint density at radius 2 is 1.56 bits per heavy atom. The number of aromatic nitrogens is 3. The zero-order chi connectivity index (χ0) is 22.3. The highest BCUT2D eigenvalue weighted by atomic mass is 32.2. The molecule has 3 aromatic carbocycles. The quantitative estimate of drug-likeness (QED) is 0.322. The van der Waals surface area contributed by atoms with Crippen LogP contribution >= 0.6 is 11.8 Å². The van der Waals surface area contributed by atoms with Crippen molar-refractivity contribution in [1.82, 2.24) is 20.1 Å². The fraction of sp³-hybridized carbons (Fsp3) is 0.120. The van der Waals surface area contributed by atoms with Crippen LogP contribution in [-0.2, 0) is 6.54 Å². The second kappa shape index (κ2) is 10.1. The summed E-state index contributed by atoms with van der Waals surface area (Å²) in [6.45, 7) is 2.22. The molecular formula is C25H22N4O2S. The van der Waals surface area contributed by atoms with Gasteiger partial charge in [-0.3, -0.25) is 14.2 Å². The number of benzene rings is 3. The molecule has 0 saturated heterocycles. The Morgan fingerprint density at radius 1 is 0.875 bits per heavy atom. The van der Waals surface area contributed by atoms with Crippen LogP contribution in [0.5, 0.6) is 0 Å². The Bertz CT molecular complexity index is 1150. The molecule has 0 fully saturated rings. The Kier molecular flexibility index (Phi) is 6.77. The highest BCUT2D eigenvalue weighted by Crippen LogP contribution is 2.23. The van der Waals surface area contributed by atoms with Gasteiger partial charge >= 0.3 is 0 Å². The van der Waals surface area contributed by atoms with Gasteiger partial charge in [0.2, 0.25) is 0 Å². The maximum absolute atomic E-state index is 12.6. The van der Waals surface area contributed by atoms with Crippen LogP contribution in [0.2, 0.25) is 0 Å². The second-order valence-corrected chi connectivity index (χ2v) is 8.14. The molecule has 7 heteroatoms. The minimum Gasteiger partial charge on any atom is -0.345 e. The normalized spacial score (nSPS) is 10.7. The van der Waals surface area contributed by atoms with Crippen LogP contribution in [0.1, 0.15) is 32.1 Å². The van der Waals surface area contributed by atoms with E-state index in [9.17, 15) is 9.59 Å². The number of rotatable bonds is 8. The Hall–Kier alpha value is -3.71. The van der Waals surface area contributed by atoms with Gasteiger partial charge < -0.3 is 5.32 Å². The predicted octanol–water partition coefficient (Wildman–Crippen LogP) is 4.48. The van der Waals surface area contributed by atoms with Crippen molar-refractivity contribution < 1.29 is 9.59 Å². The number of hydrogen-bond donors (Lipinski definition) is 1. The first-order chi connectivity index (χ1) is 15.6. The molecule has 0 saturated carbocycles. The molecule has 0 aliphatic heterocycles.